The maximum Gasteiger partial charge on any atom is 0.325 e. The number of nitrogens with one attached hydrogen (secondary N) is 4. The average molecular weight is 458 g/mol. The monoisotopic (exact) mass is 458 g/mol. The molecule has 0 fully saturated rings. The standard InChI is InChI=1S/C17H26N6O7S/c1-8(17(29)30)21-15(27)11(2-3-13(24)25)22-16(28)12(4-9-5-19-7-20-9)23-14(26)10(18)6-31/h5,7-8,10-12,31H,2-4,6,18H2,1H3,(H,19,20)(H,21,27)(H,22,28)(H,23,26)(H,24,25)(H,29,30). The van der Waals surface area contributed by atoms with Crippen LogP contribution in [0, 0.1) is 0 Å². The Hall–Kier alpha value is -3.13. The van der Waals surface area contributed by atoms with Crippen LogP contribution in [0.1, 0.15) is 25.5 Å². The van der Waals surface area contributed by atoms with Crippen LogP contribution in [-0.4, -0.2) is 79.8 Å². The zero-order valence-corrected chi connectivity index (χ0v) is 17.6. The summed E-state index contributed by atoms with van der Waals surface area (Å²) < 4.78 is 0. The lowest BCUT2D eigenvalue weighted by Crippen LogP contribution is -2.57. The Morgan fingerprint density at radius 1 is 1.10 bits per heavy atom. The molecule has 0 spiro atoms. The first-order valence-corrected chi connectivity index (χ1v) is 9.87. The minimum Gasteiger partial charge on any atom is -0.481 e. The number of carboxylic acids is 2. The highest BCUT2D eigenvalue weighted by molar-refractivity contribution is 7.80. The fourth-order valence-electron chi connectivity index (χ4n) is 2.37. The molecule has 31 heavy (non-hydrogen) atoms. The predicted octanol–water partition coefficient (Wildman–Crippen LogP) is -2.37. The van der Waals surface area contributed by atoms with Crippen LogP contribution in [0.2, 0.25) is 0 Å². The Balaban J connectivity index is 2.99. The first-order chi connectivity index (χ1) is 14.5. The smallest absolute Gasteiger partial charge is 0.325 e. The Bertz CT molecular complexity index is 788. The second kappa shape index (κ2) is 12.5. The average Bonchev–Trinajstić information content (AvgIpc) is 3.22. The molecule has 0 aliphatic heterocycles. The van der Waals surface area contributed by atoms with Crippen LogP contribution in [0.15, 0.2) is 12.5 Å². The first kappa shape index (κ1) is 25.9. The molecule has 172 valence electrons. The summed E-state index contributed by atoms with van der Waals surface area (Å²) in [6.45, 7) is 1.22. The van der Waals surface area contributed by atoms with E-state index in [0.717, 1.165) is 0 Å². The number of H-pyrrole nitrogens is 1. The Labute approximate surface area is 183 Å². The van der Waals surface area contributed by atoms with Crippen molar-refractivity contribution >= 4 is 42.3 Å². The number of aliphatic carboxylic acids is 2. The van der Waals surface area contributed by atoms with Crippen molar-refractivity contribution in [3.8, 4) is 0 Å². The fourth-order valence-corrected chi connectivity index (χ4v) is 2.54. The normalized spacial score (nSPS) is 14.5. The molecular weight excluding hydrogens is 432 g/mol. The zero-order chi connectivity index (χ0) is 23.6. The number of aromatic amines is 1. The molecule has 0 aliphatic carbocycles. The summed E-state index contributed by atoms with van der Waals surface area (Å²) in [6, 6.07) is -4.76. The molecule has 1 rings (SSSR count). The molecule has 0 bridgehead atoms. The molecule has 3 amide bonds. The highest BCUT2D eigenvalue weighted by Crippen LogP contribution is 2.04. The first-order valence-electron chi connectivity index (χ1n) is 9.24. The Morgan fingerprint density at radius 2 is 1.71 bits per heavy atom. The van der Waals surface area contributed by atoms with Crippen molar-refractivity contribution in [3.05, 3.63) is 18.2 Å². The molecule has 4 atom stereocenters. The Kier molecular flexibility index (Phi) is 10.5. The topological polar surface area (TPSA) is 217 Å². The molecule has 1 aromatic heterocycles. The van der Waals surface area contributed by atoms with Gasteiger partial charge in [-0.1, -0.05) is 0 Å². The van der Waals surface area contributed by atoms with Gasteiger partial charge in [0.15, 0.2) is 0 Å². The maximum atomic E-state index is 12.8. The summed E-state index contributed by atoms with van der Waals surface area (Å²) in [4.78, 5) is 65.9. The molecule has 0 aromatic carbocycles. The summed E-state index contributed by atoms with van der Waals surface area (Å²) in [6.07, 6.45) is 2.05. The van der Waals surface area contributed by atoms with Crippen LogP contribution in [0.25, 0.3) is 0 Å². The lowest BCUT2D eigenvalue weighted by Gasteiger charge is -2.24. The number of aromatic nitrogens is 2. The number of nitrogens with zero attached hydrogens (tertiary/aromatic N) is 1. The van der Waals surface area contributed by atoms with Crippen molar-refractivity contribution in [2.75, 3.05) is 5.75 Å². The van der Waals surface area contributed by atoms with E-state index in [-0.39, 0.29) is 18.6 Å². The molecule has 14 heteroatoms. The summed E-state index contributed by atoms with van der Waals surface area (Å²) in [5.41, 5.74) is 6.13. The molecular formula is C17H26N6O7S. The summed E-state index contributed by atoms with van der Waals surface area (Å²) in [7, 11) is 0. The van der Waals surface area contributed by atoms with Gasteiger partial charge in [-0.3, -0.25) is 24.0 Å². The van der Waals surface area contributed by atoms with Gasteiger partial charge in [-0.2, -0.15) is 12.6 Å². The summed E-state index contributed by atoms with van der Waals surface area (Å²) in [5.74, 6) is -4.80. The number of hydrogen-bond acceptors (Lipinski definition) is 8. The van der Waals surface area contributed by atoms with Crippen LogP contribution in [0.5, 0.6) is 0 Å². The van der Waals surface area contributed by atoms with E-state index in [4.69, 9.17) is 15.9 Å². The fraction of sp³-hybridized carbons (Fsp3) is 0.529. The van der Waals surface area contributed by atoms with Crippen molar-refractivity contribution in [3.63, 3.8) is 0 Å². The molecule has 4 unspecified atom stereocenters. The van der Waals surface area contributed by atoms with Crippen molar-refractivity contribution in [1.29, 1.82) is 0 Å². The zero-order valence-electron chi connectivity index (χ0n) is 16.7. The number of rotatable bonds is 13. The lowest BCUT2D eigenvalue weighted by molar-refractivity contribution is -0.142. The van der Waals surface area contributed by atoms with Gasteiger partial charge in [-0.05, 0) is 13.3 Å². The van der Waals surface area contributed by atoms with Crippen molar-refractivity contribution < 1.29 is 34.2 Å². The van der Waals surface area contributed by atoms with Crippen molar-refractivity contribution in [2.24, 2.45) is 5.73 Å². The second-order valence-corrected chi connectivity index (χ2v) is 7.06. The molecule has 1 aromatic rings. The lowest BCUT2D eigenvalue weighted by atomic mass is 10.1. The minimum atomic E-state index is -1.34. The van der Waals surface area contributed by atoms with Crippen LogP contribution in [0.3, 0.4) is 0 Å². The van der Waals surface area contributed by atoms with Gasteiger partial charge in [0.25, 0.3) is 0 Å². The number of carboxylic acid groups (broad SMARTS) is 2. The van der Waals surface area contributed by atoms with E-state index < -0.39 is 60.2 Å². The third kappa shape index (κ3) is 9.04. The van der Waals surface area contributed by atoms with Gasteiger partial charge in [0.05, 0.1) is 12.4 Å². The number of carbonyl (C=O) groups excluding carboxylic acids is 3. The maximum absolute atomic E-state index is 12.8. The molecule has 0 saturated heterocycles. The van der Waals surface area contributed by atoms with E-state index in [1.165, 1.54) is 19.4 Å². The Morgan fingerprint density at radius 3 is 2.23 bits per heavy atom. The summed E-state index contributed by atoms with van der Waals surface area (Å²) >= 11 is 3.94. The van der Waals surface area contributed by atoms with Crippen LogP contribution in [-0.2, 0) is 30.4 Å². The second-order valence-electron chi connectivity index (χ2n) is 6.69. The van der Waals surface area contributed by atoms with Crippen molar-refractivity contribution in [1.82, 2.24) is 25.9 Å². The largest absolute Gasteiger partial charge is 0.481 e. The van der Waals surface area contributed by atoms with Gasteiger partial charge in [0, 0.05) is 30.5 Å². The number of nitrogens with two attached hydrogens (primary N) is 1. The van der Waals surface area contributed by atoms with Gasteiger partial charge in [-0.25, -0.2) is 4.98 Å². The number of thiol groups is 1. The highest BCUT2D eigenvalue weighted by Gasteiger charge is 2.30. The van der Waals surface area contributed by atoms with Crippen LogP contribution < -0.4 is 21.7 Å². The third-order valence-corrected chi connectivity index (χ3v) is 4.55. The molecule has 8 N–H and O–H groups in total. The van der Waals surface area contributed by atoms with Gasteiger partial charge in [0.1, 0.15) is 18.1 Å². The van der Waals surface area contributed by atoms with E-state index in [1.807, 2.05) is 0 Å². The van der Waals surface area contributed by atoms with E-state index >= 15 is 0 Å². The van der Waals surface area contributed by atoms with Crippen LogP contribution in [0.4, 0.5) is 0 Å². The SMILES string of the molecule is CC(NC(=O)C(CCC(=O)O)NC(=O)C(Cc1cnc[nH]1)NC(=O)C(N)CS)C(=O)O. The van der Waals surface area contributed by atoms with E-state index in [9.17, 15) is 24.0 Å². The van der Waals surface area contributed by atoms with Gasteiger partial charge < -0.3 is 36.9 Å². The predicted molar refractivity (Wildman–Crippen MR) is 110 cm³/mol. The molecule has 1 heterocycles. The summed E-state index contributed by atoms with van der Waals surface area (Å²) in [5, 5.41) is 24.9. The van der Waals surface area contributed by atoms with E-state index in [1.54, 1.807) is 0 Å². The number of hydrogen-bond donors (Lipinski definition) is 8. The third-order valence-electron chi connectivity index (χ3n) is 4.15. The minimum absolute atomic E-state index is 0.0182. The van der Waals surface area contributed by atoms with Gasteiger partial charge in [-0.15, -0.1) is 0 Å². The van der Waals surface area contributed by atoms with Gasteiger partial charge in [0.2, 0.25) is 17.7 Å². The van der Waals surface area contributed by atoms with Crippen molar-refractivity contribution in [2.45, 2.75) is 50.4 Å². The molecule has 13 nitrogen and oxygen atoms in total. The van der Waals surface area contributed by atoms with E-state index in [0.29, 0.717) is 5.69 Å². The quantitative estimate of drug-likeness (QED) is 0.148. The highest BCUT2D eigenvalue weighted by atomic mass is 32.1. The number of imidazole rings is 1. The van der Waals surface area contributed by atoms with E-state index in [2.05, 4.69) is 38.5 Å². The molecule has 0 radical (unpaired) electrons. The van der Waals surface area contributed by atoms with Gasteiger partial charge >= 0.3 is 11.9 Å². The van der Waals surface area contributed by atoms with Crippen LogP contribution >= 0.6 is 12.6 Å². The molecule has 0 aliphatic rings. The number of carbonyl (C=O) groups is 5. The molecule has 0 saturated carbocycles. The number of amides is 3.